The van der Waals surface area contributed by atoms with Crippen LogP contribution in [0.3, 0.4) is 0 Å². The summed E-state index contributed by atoms with van der Waals surface area (Å²) < 4.78 is 3.35. The molecule has 0 aliphatic carbocycles. The summed E-state index contributed by atoms with van der Waals surface area (Å²) in [4.78, 5) is 17.0. The van der Waals surface area contributed by atoms with Gasteiger partial charge in [-0.15, -0.1) is 0 Å². The number of aromatic nitrogens is 1. The third kappa shape index (κ3) is 6.44. The number of amides is 2. The molecular formula is C21H22N4OS. The summed E-state index contributed by atoms with van der Waals surface area (Å²) in [5, 5.41) is 5.65. The molecule has 6 heteroatoms. The standard InChI is InChI=1S/C21H22N4OS/c1-16-2-4-17(5-3-16)15-24-27-20-8-6-19(7-9-20)25-21(26)23-14-18-10-12-22-13-11-18/h2-13,24H,14-15H2,1H3,(H2,23,25,26). The van der Waals surface area contributed by atoms with Crippen LogP contribution in [0, 0.1) is 6.92 Å². The van der Waals surface area contributed by atoms with Crippen molar-refractivity contribution in [3.8, 4) is 0 Å². The van der Waals surface area contributed by atoms with Crippen LogP contribution >= 0.6 is 11.9 Å². The van der Waals surface area contributed by atoms with Crippen LogP contribution < -0.4 is 15.4 Å². The molecule has 2 aromatic carbocycles. The summed E-state index contributed by atoms with van der Waals surface area (Å²) in [7, 11) is 0. The first-order valence-electron chi connectivity index (χ1n) is 8.68. The predicted molar refractivity (Wildman–Crippen MR) is 110 cm³/mol. The van der Waals surface area contributed by atoms with Gasteiger partial charge in [0, 0.05) is 36.1 Å². The number of benzene rings is 2. The molecule has 0 aliphatic heterocycles. The lowest BCUT2D eigenvalue weighted by molar-refractivity contribution is 0.251. The molecule has 0 atom stereocenters. The van der Waals surface area contributed by atoms with E-state index < -0.39 is 0 Å². The van der Waals surface area contributed by atoms with Gasteiger partial charge in [-0.3, -0.25) is 9.71 Å². The van der Waals surface area contributed by atoms with Crippen molar-refractivity contribution in [3.63, 3.8) is 0 Å². The minimum absolute atomic E-state index is 0.232. The van der Waals surface area contributed by atoms with Gasteiger partial charge < -0.3 is 10.6 Å². The van der Waals surface area contributed by atoms with Gasteiger partial charge in [-0.1, -0.05) is 29.8 Å². The molecule has 5 nitrogen and oxygen atoms in total. The number of nitrogens with one attached hydrogen (secondary N) is 3. The Morgan fingerprint density at radius 1 is 0.889 bits per heavy atom. The Morgan fingerprint density at radius 2 is 1.56 bits per heavy atom. The Labute approximate surface area is 163 Å². The molecule has 27 heavy (non-hydrogen) atoms. The number of carbonyl (C=O) groups excluding carboxylic acids is 1. The van der Waals surface area contributed by atoms with Gasteiger partial charge in [-0.25, -0.2) is 4.79 Å². The van der Waals surface area contributed by atoms with Gasteiger partial charge >= 0.3 is 6.03 Å². The molecule has 0 fully saturated rings. The number of aryl methyl sites for hydroxylation is 1. The van der Waals surface area contributed by atoms with Crippen molar-refractivity contribution in [1.29, 1.82) is 0 Å². The first-order chi connectivity index (χ1) is 13.2. The van der Waals surface area contributed by atoms with Crippen LogP contribution in [0.4, 0.5) is 10.5 Å². The molecule has 0 saturated heterocycles. The number of carbonyl (C=O) groups is 1. The van der Waals surface area contributed by atoms with Crippen molar-refractivity contribution < 1.29 is 4.79 Å². The molecule has 3 aromatic rings. The third-order valence-corrected chi connectivity index (χ3v) is 4.70. The number of rotatable bonds is 7. The zero-order valence-corrected chi connectivity index (χ0v) is 15.9. The Bertz CT molecular complexity index is 852. The van der Waals surface area contributed by atoms with E-state index in [1.807, 2.05) is 36.4 Å². The SMILES string of the molecule is Cc1ccc(CNSc2ccc(NC(=O)NCc3ccncc3)cc2)cc1. The maximum Gasteiger partial charge on any atom is 0.319 e. The monoisotopic (exact) mass is 378 g/mol. The zero-order valence-electron chi connectivity index (χ0n) is 15.1. The lowest BCUT2D eigenvalue weighted by Gasteiger charge is -2.09. The van der Waals surface area contributed by atoms with Crippen molar-refractivity contribution in [1.82, 2.24) is 15.0 Å². The summed E-state index contributed by atoms with van der Waals surface area (Å²) in [6, 6.07) is 19.7. The topological polar surface area (TPSA) is 66.0 Å². The quantitative estimate of drug-likeness (QED) is 0.529. The van der Waals surface area contributed by atoms with E-state index in [0.717, 1.165) is 22.7 Å². The van der Waals surface area contributed by atoms with E-state index in [0.29, 0.717) is 6.54 Å². The fourth-order valence-electron chi connectivity index (χ4n) is 2.37. The number of pyridine rings is 1. The van der Waals surface area contributed by atoms with Crippen molar-refractivity contribution in [2.75, 3.05) is 5.32 Å². The Balaban J connectivity index is 1.41. The average Bonchev–Trinajstić information content (AvgIpc) is 2.70. The highest BCUT2D eigenvalue weighted by Crippen LogP contribution is 2.18. The van der Waals surface area contributed by atoms with Crippen LogP contribution in [0.25, 0.3) is 0 Å². The number of urea groups is 1. The van der Waals surface area contributed by atoms with Gasteiger partial charge in [0.1, 0.15) is 0 Å². The molecule has 1 aromatic heterocycles. The highest BCUT2D eigenvalue weighted by atomic mass is 32.2. The Hall–Kier alpha value is -2.83. The van der Waals surface area contributed by atoms with Crippen molar-refractivity contribution in [2.45, 2.75) is 24.9 Å². The van der Waals surface area contributed by atoms with Gasteiger partial charge in [-0.2, -0.15) is 0 Å². The zero-order chi connectivity index (χ0) is 18.9. The van der Waals surface area contributed by atoms with Crippen molar-refractivity contribution >= 4 is 23.7 Å². The van der Waals surface area contributed by atoms with E-state index in [1.165, 1.54) is 11.1 Å². The molecule has 3 N–H and O–H groups in total. The van der Waals surface area contributed by atoms with Crippen LogP contribution in [0.1, 0.15) is 16.7 Å². The average molecular weight is 379 g/mol. The minimum Gasteiger partial charge on any atom is -0.334 e. The molecule has 3 rings (SSSR count). The molecular weight excluding hydrogens is 356 g/mol. The summed E-state index contributed by atoms with van der Waals surface area (Å²) in [5.74, 6) is 0. The second-order valence-corrected chi connectivity index (χ2v) is 7.06. The number of nitrogens with zero attached hydrogens (tertiary/aromatic N) is 1. The lowest BCUT2D eigenvalue weighted by atomic mass is 10.2. The molecule has 0 saturated carbocycles. The second-order valence-electron chi connectivity index (χ2n) is 6.10. The third-order valence-electron chi connectivity index (χ3n) is 3.90. The van der Waals surface area contributed by atoms with Gasteiger partial charge in [0.25, 0.3) is 0 Å². The van der Waals surface area contributed by atoms with E-state index in [1.54, 1.807) is 24.3 Å². The molecule has 0 aliphatic rings. The summed E-state index contributed by atoms with van der Waals surface area (Å²) >= 11 is 1.57. The van der Waals surface area contributed by atoms with Crippen LogP contribution in [0.2, 0.25) is 0 Å². The van der Waals surface area contributed by atoms with Crippen molar-refractivity contribution in [2.24, 2.45) is 0 Å². The van der Waals surface area contributed by atoms with Crippen LogP contribution in [0.5, 0.6) is 0 Å². The number of hydrogen-bond donors (Lipinski definition) is 3. The van der Waals surface area contributed by atoms with E-state index in [2.05, 4.69) is 51.5 Å². The molecule has 1 heterocycles. The van der Waals surface area contributed by atoms with E-state index in [9.17, 15) is 4.79 Å². The van der Waals surface area contributed by atoms with Gasteiger partial charge in [0.15, 0.2) is 0 Å². The molecule has 0 unspecified atom stereocenters. The predicted octanol–water partition coefficient (Wildman–Crippen LogP) is 4.51. The molecule has 0 bridgehead atoms. The van der Waals surface area contributed by atoms with Crippen LogP contribution in [0.15, 0.2) is 78.0 Å². The first kappa shape index (κ1) is 18.9. The maximum absolute atomic E-state index is 12.0. The molecule has 0 spiro atoms. The molecule has 0 radical (unpaired) electrons. The van der Waals surface area contributed by atoms with Crippen LogP contribution in [-0.4, -0.2) is 11.0 Å². The van der Waals surface area contributed by atoms with E-state index >= 15 is 0 Å². The number of anilines is 1. The Kier molecular flexibility index (Phi) is 6.84. The molecule has 138 valence electrons. The maximum atomic E-state index is 12.0. The van der Waals surface area contributed by atoms with E-state index in [-0.39, 0.29) is 6.03 Å². The largest absolute Gasteiger partial charge is 0.334 e. The highest BCUT2D eigenvalue weighted by Gasteiger charge is 2.02. The normalized spacial score (nSPS) is 10.4. The van der Waals surface area contributed by atoms with Gasteiger partial charge in [0.05, 0.1) is 0 Å². The first-order valence-corrected chi connectivity index (χ1v) is 9.50. The molecule has 2 amide bonds. The smallest absolute Gasteiger partial charge is 0.319 e. The minimum atomic E-state index is -0.232. The van der Waals surface area contributed by atoms with Gasteiger partial charge in [0.2, 0.25) is 0 Å². The number of hydrogen-bond acceptors (Lipinski definition) is 4. The van der Waals surface area contributed by atoms with Crippen molar-refractivity contribution in [3.05, 3.63) is 89.7 Å². The lowest BCUT2D eigenvalue weighted by Crippen LogP contribution is -2.28. The highest BCUT2D eigenvalue weighted by molar-refractivity contribution is 7.97. The van der Waals surface area contributed by atoms with Crippen LogP contribution in [-0.2, 0) is 13.1 Å². The second kappa shape index (κ2) is 9.75. The summed E-state index contributed by atoms with van der Waals surface area (Å²) in [5.41, 5.74) is 4.27. The summed E-state index contributed by atoms with van der Waals surface area (Å²) in [6.07, 6.45) is 3.41. The fraction of sp³-hybridized carbons (Fsp3) is 0.143. The van der Waals surface area contributed by atoms with Gasteiger partial charge in [-0.05, 0) is 66.4 Å². The fourth-order valence-corrected chi connectivity index (χ4v) is 3.05. The van der Waals surface area contributed by atoms with E-state index in [4.69, 9.17) is 0 Å². The summed E-state index contributed by atoms with van der Waals surface area (Å²) in [6.45, 7) is 3.34. The Morgan fingerprint density at radius 3 is 2.26 bits per heavy atom.